The summed E-state index contributed by atoms with van der Waals surface area (Å²) in [4.78, 5) is 28.7. The molecular formula is C23H16BrNO6. The molecule has 156 valence electrons. The lowest BCUT2D eigenvalue weighted by Crippen LogP contribution is -2.08. The minimum absolute atomic E-state index is 0.0807. The molecule has 1 aliphatic heterocycles. The third-order valence-electron chi connectivity index (χ3n) is 4.21. The smallest absolute Gasteiger partial charge is 0.379 e. The van der Waals surface area contributed by atoms with Crippen LogP contribution in [0.15, 0.2) is 80.4 Å². The zero-order valence-corrected chi connectivity index (χ0v) is 17.9. The van der Waals surface area contributed by atoms with Crippen LogP contribution in [0.1, 0.15) is 28.6 Å². The second-order valence-corrected chi connectivity index (χ2v) is 7.26. The summed E-state index contributed by atoms with van der Waals surface area (Å²) in [6.07, 6.45) is 2.97. The molecule has 7 nitrogen and oxygen atoms in total. The van der Waals surface area contributed by atoms with E-state index in [4.69, 9.17) is 18.6 Å². The van der Waals surface area contributed by atoms with Gasteiger partial charge in [-0.2, -0.15) is 0 Å². The van der Waals surface area contributed by atoms with Gasteiger partial charge in [0.25, 0.3) is 0 Å². The highest BCUT2D eigenvalue weighted by molar-refractivity contribution is 9.10. The highest BCUT2D eigenvalue weighted by Crippen LogP contribution is 2.31. The Labute approximate surface area is 186 Å². The number of carbonyl (C=O) groups excluding carboxylic acids is 2. The first-order valence-corrected chi connectivity index (χ1v) is 10.1. The largest absolute Gasteiger partial charge is 0.490 e. The summed E-state index contributed by atoms with van der Waals surface area (Å²) in [5.41, 5.74) is 1.48. The molecule has 1 aromatic heterocycles. The van der Waals surface area contributed by atoms with Crippen molar-refractivity contribution in [3.63, 3.8) is 0 Å². The van der Waals surface area contributed by atoms with Gasteiger partial charge in [0.1, 0.15) is 0 Å². The predicted molar refractivity (Wildman–Crippen MR) is 116 cm³/mol. The molecule has 0 bridgehead atoms. The number of halogens is 1. The third kappa shape index (κ3) is 4.75. The van der Waals surface area contributed by atoms with Crippen molar-refractivity contribution in [1.29, 1.82) is 0 Å². The standard InChI is InChI=1S/C23H16BrNO6/c1-2-28-20-13-14(5-10-18(20)30-23(27)19-4-3-11-29-19)12-17-22(26)31-21(25-17)15-6-8-16(24)9-7-15/h3-13H,2H2,1H3/b17-12-. The van der Waals surface area contributed by atoms with Crippen LogP contribution in [0.25, 0.3) is 6.08 Å². The van der Waals surface area contributed by atoms with Crippen molar-refractivity contribution in [2.24, 2.45) is 4.99 Å². The topological polar surface area (TPSA) is 87.3 Å². The van der Waals surface area contributed by atoms with Crippen LogP contribution < -0.4 is 9.47 Å². The summed E-state index contributed by atoms with van der Waals surface area (Å²) in [5, 5.41) is 0. The number of hydrogen-bond donors (Lipinski definition) is 0. The highest BCUT2D eigenvalue weighted by Gasteiger charge is 2.24. The summed E-state index contributed by atoms with van der Waals surface area (Å²) in [6, 6.07) is 15.3. The van der Waals surface area contributed by atoms with Crippen LogP contribution in [-0.2, 0) is 9.53 Å². The summed E-state index contributed by atoms with van der Waals surface area (Å²) in [6.45, 7) is 2.17. The number of furan rings is 1. The van der Waals surface area contributed by atoms with E-state index < -0.39 is 11.9 Å². The number of carbonyl (C=O) groups is 2. The first-order valence-electron chi connectivity index (χ1n) is 9.34. The van der Waals surface area contributed by atoms with E-state index in [2.05, 4.69) is 20.9 Å². The maximum Gasteiger partial charge on any atom is 0.379 e. The van der Waals surface area contributed by atoms with Gasteiger partial charge in [-0.05, 0) is 67.1 Å². The van der Waals surface area contributed by atoms with E-state index in [1.165, 1.54) is 12.3 Å². The Morgan fingerprint density at radius 3 is 2.65 bits per heavy atom. The fourth-order valence-electron chi connectivity index (χ4n) is 2.79. The second-order valence-electron chi connectivity index (χ2n) is 6.35. The van der Waals surface area contributed by atoms with Gasteiger partial charge in [0.2, 0.25) is 11.7 Å². The molecule has 2 aromatic carbocycles. The number of aliphatic imine (C=N–C) groups is 1. The average Bonchev–Trinajstić information content (AvgIpc) is 3.41. The van der Waals surface area contributed by atoms with Gasteiger partial charge >= 0.3 is 11.9 Å². The SMILES string of the molecule is CCOc1cc(/C=C2\N=C(c3ccc(Br)cc3)OC2=O)ccc1OC(=O)c1ccco1. The van der Waals surface area contributed by atoms with Crippen molar-refractivity contribution in [3.05, 3.63) is 87.9 Å². The lowest BCUT2D eigenvalue weighted by atomic mass is 10.1. The minimum atomic E-state index is -0.639. The van der Waals surface area contributed by atoms with Crippen LogP contribution in [-0.4, -0.2) is 24.4 Å². The molecule has 0 N–H and O–H groups in total. The molecule has 0 saturated heterocycles. The van der Waals surface area contributed by atoms with E-state index >= 15 is 0 Å². The van der Waals surface area contributed by atoms with E-state index in [-0.39, 0.29) is 23.1 Å². The molecular weight excluding hydrogens is 466 g/mol. The molecule has 0 saturated carbocycles. The number of ether oxygens (including phenoxy) is 3. The molecule has 0 aliphatic carbocycles. The van der Waals surface area contributed by atoms with E-state index in [0.717, 1.165) is 4.47 Å². The van der Waals surface area contributed by atoms with Gasteiger partial charge in [0.05, 0.1) is 12.9 Å². The maximum atomic E-state index is 12.3. The van der Waals surface area contributed by atoms with Crippen molar-refractivity contribution < 1.29 is 28.2 Å². The minimum Gasteiger partial charge on any atom is -0.490 e. The predicted octanol–water partition coefficient (Wildman–Crippen LogP) is 5.00. The van der Waals surface area contributed by atoms with Crippen LogP contribution >= 0.6 is 15.9 Å². The quantitative estimate of drug-likeness (QED) is 0.279. The van der Waals surface area contributed by atoms with Gasteiger partial charge in [-0.3, -0.25) is 0 Å². The van der Waals surface area contributed by atoms with Gasteiger partial charge in [-0.1, -0.05) is 22.0 Å². The van der Waals surface area contributed by atoms with Crippen molar-refractivity contribution in [2.75, 3.05) is 6.61 Å². The summed E-state index contributed by atoms with van der Waals surface area (Å²) < 4.78 is 22.2. The van der Waals surface area contributed by atoms with Crippen molar-refractivity contribution >= 4 is 39.8 Å². The zero-order chi connectivity index (χ0) is 21.8. The molecule has 0 amide bonds. The number of hydrogen-bond acceptors (Lipinski definition) is 7. The summed E-state index contributed by atoms with van der Waals surface area (Å²) in [7, 11) is 0. The van der Waals surface area contributed by atoms with Crippen LogP contribution in [0.2, 0.25) is 0 Å². The molecule has 2 heterocycles. The molecule has 0 atom stereocenters. The van der Waals surface area contributed by atoms with Gasteiger partial charge in [0, 0.05) is 10.0 Å². The van der Waals surface area contributed by atoms with Gasteiger partial charge in [-0.25, -0.2) is 14.6 Å². The molecule has 4 rings (SSSR count). The van der Waals surface area contributed by atoms with E-state index in [9.17, 15) is 9.59 Å². The summed E-state index contributed by atoms with van der Waals surface area (Å²) >= 11 is 3.37. The zero-order valence-electron chi connectivity index (χ0n) is 16.3. The Kier molecular flexibility index (Phi) is 5.99. The van der Waals surface area contributed by atoms with E-state index in [1.54, 1.807) is 42.5 Å². The molecule has 3 aromatic rings. The first kappa shape index (κ1) is 20.6. The van der Waals surface area contributed by atoms with Crippen molar-refractivity contribution in [3.8, 4) is 11.5 Å². The molecule has 0 radical (unpaired) electrons. The molecule has 8 heteroatoms. The normalized spacial score (nSPS) is 14.3. The Bertz CT molecular complexity index is 1180. The Balaban J connectivity index is 1.59. The Morgan fingerprint density at radius 1 is 1.13 bits per heavy atom. The monoisotopic (exact) mass is 481 g/mol. The van der Waals surface area contributed by atoms with Crippen LogP contribution in [0, 0.1) is 0 Å². The average molecular weight is 482 g/mol. The van der Waals surface area contributed by atoms with Gasteiger partial charge in [-0.15, -0.1) is 0 Å². The molecule has 1 aliphatic rings. The Morgan fingerprint density at radius 2 is 1.94 bits per heavy atom. The molecule has 31 heavy (non-hydrogen) atoms. The second kappa shape index (κ2) is 9.01. The first-order chi connectivity index (χ1) is 15.0. The van der Waals surface area contributed by atoms with Crippen LogP contribution in [0.5, 0.6) is 11.5 Å². The lowest BCUT2D eigenvalue weighted by molar-refractivity contribution is -0.129. The van der Waals surface area contributed by atoms with Crippen LogP contribution in [0.4, 0.5) is 0 Å². The van der Waals surface area contributed by atoms with Crippen LogP contribution in [0.3, 0.4) is 0 Å². The van der Waals surface area contributed by atoms with E-state index in [1.807, 2.05) is 19.1 Å². The Hall–Kier alpha value is -3.65. The number of nitrogens with zero attached hydrogens (tertiary/aromatic N) is 1. The van der Waals surface area contributed by atoms with E-state index in [0.29, 0.717) is 23.5 Å². The van der Waals surface area contributed by atoms with Crippen molar-refractivity contribution in [2.45, 2.75) is 6.92 Å². The lowest BCUT2D eigenvalue weighted by Gasteiger charge is -2.10. The van der Waals surface area contributed by atoms with Gasteiger partial charge < -0.3 is 18.6 Å². The number of benzene rings is 2. The van der Waals surface area contributed by atoms with Gasteiger partial charge in [0.15, 0.2) is 17.2 Å². The number of esters is 2. The molecule has 0 fully saturated rings. The molecule has 0 spiro atoms. The number of cyclic esters (lactones) is 1. The highest BCUT2D eigenvalue weighted by atomic mass is 79.9. The maximum absolute atomic E-state index is 12.3. The fourth-order valence-corrected chi connectivity index (χ4v) is 3.06. The van der Waals surface area contributed by atoms with Crippen molar-refractivity contribution in [1.82, 2.24) is 0 Å². The number of rotatable bonds is 6. The summed E-state index contributed by atoms with van der Waals surface area (Å²) in [5.74, 6) is -0.294. The molecule has 0 unspecified atom stereocenters. The fraction of sp³-hybridized carbons (Fsp3) is 0.0870. The third-order valence-corrected chi connectivity index (χ3v) is 4.74.